The minimum atomic E-state index is -0.485. The fraction of sp³-hybridized carbons (Fsp3) is 0.526. The Morgan fingerprint density at radius 1 is 1.26 bits per heavy atom. The molecule has 2 aromatic heterocycles. The topological polar surface area (TPSA) is 87.1 Å². The maximum Gasteiger partial charge on any atom is 0.271 e. The van der Waals surface area contributed by atoms with Gasteiger partial charge in [0.05, 0.1) is 10.6 Å². The number of aliphatic hydroxyl groups is 1. The summed E-state index contributed by atoms with van der Waals surface area (Å²) in [4.78, 5) is 21.3. The van der Waals surface area contributed by atoms with Gasteiger partial charge in [0.25, 0.3) is 5.91 Å². The van der Waals surface area contributed by atoms with E-state index in [2.05, 4.69) is 20.6 Å². The minimum Gasteiger partial charge on any atom is -0.390 e. The van der Waals surface area contributed by atoms with Gasteiger partial charge in [0.2, 0.25) is 0 Å². The highest BCUT2D eigenvalue weighted by Gasteiger charge is 2.55. The third-order valence-electron chi connectivity index (χ3n) is 6.24. The number of thiazole rings is 1. The summed E-state index contributed by atoms with van der Waals surface area (Å²) in [6, 6.07) is 3.67. The minimum absolute atomic E-state index is 0.132. The molecule has 4 fully saturated rings. The van der Waals surface area contributed by atoms with E-state index in [1.165, 1.54) is 11.3 Å². The first-order valence-electron chi connectivity index (χ1n) is 9.35. The van der Waals surface area contributed by atoms with E-state index in [9.17, 15) is 9.90 Å². The van der Waals surface area contributed by atoms with Crippen LogP contribution in [0.3, 0.4) is 0 Å². The molecule has 4 aliphatic carbocycles. The van der Waals surface area contributed by atoms with Crippen LogP contribution in [0.2, 0.25) is 5.02 Å². The molecule has 1 amide bonds. The molecule has 4 bridgehead atoms. The Labute approximate surface area is 166 Å². The number of nitrogens with zero attached hydrogens (tertiary/aromatic N) is 2. The van der Waals surface area contributed by atoms with Crippen LogP contribution in [0.4, 0.5) is 10.9 Å². The predicted molar refractivity (Wildman–Crippen MR) is 104 cm³/mol. The zero-order valence-electron chi connectivity index (χ0n) is 14.7. The summed E-state index contributed by atoms with van der Waals surface area (Å²) in [5.74, 6) is 1.91. The van der Waals surface area contributed by atoms with Gasteiger partial charge in [0.1, 0.15) is 11.5 Å². The van der Waals surface area contributed by atoms with Gasteiger partial charge in [-0.2, -0.15) is 0 Å². The summed E-state index contributed by atoms with van der Waals surface area (Å²) in [7, 11) is 0. The highest BCUT2D eigenvalue weighted by Crippen LogP contribution is 2.55. The van der Waals surface area contributed by atoms with Crippen molar-refractivity contribution in [1.82, 2.24) is 15.3 Å². The molecule has 0 spiro atoms. The smallest absolute Gasteiger partial charge is 0.271 e. The summed E-state index contributed by atoms with van der Waals surface area (Å²) >= 11 is 7.21. The number of rotatable bonds is 4. The van der Waals surface area contributed by atoms with Gasteiger partial charge in [-0.05, 0) is 62.0 Å². The van der Waals surface area contributed by atoms with Crippen molar-refractivity contribution in [2.45, 2.75) is 43.7 Å². The van der Waals surface area contributed by atoms with Crippen LogP contribution in [0.25, 0.3) is 0 Å². The van der Waals surface area contributed by atoms with E-state index in [4.69, 9.17) is 11.6 Å². The quantitative estimate of drug-likeness (QED) is 0.724. The van der Waals surface area contributed by atoms with Gasteiger partial charge in [0.15, 0.2) is 5.13 Å². The van der Waals surface area contributed by atoms with Gasteiger partial charge in [-0.25, -0.2) is 9.97 Å². The summed E-state index contributed by atoms with van der Waals surface area (Å²) < 4.78 is 0. The molecule has 6 rings (SSSR count). The number of nitrogens with one attached hydrogen (secondary N) is 2. The molecule has 2 heterocycles. The average molecular weight is 405 g/mol. The monoisotopic (exact) mass is 404 g/mol. The lowest BCUT2D eigenvalue weighted by molar-refractivity contribution is -0.136. The molecule has 142 valence electrons. The lowest BCUT2D eigenvalue weighted by atomic mass is 9.52. The molecule has 2 aromatic rings. The van der Waals surface area contributed by atoms with E-state index in [1.807, 2.05) is 0 Å². The van der Waals surface area contributed by atoms with Crippen LogP contribution in [0, 0.1) is 17.8 Å². The van der Waals surface area contributed by atoms with E-state index in [0.29, 0.717) is 39.4 Å². The molecule has 8 heteroatoms. The van der Waals surface area contributed by atoms with Crippen molar-refractivity contribution in [1.29, 1.82) is 0 Å². The van der Waals surface area contributed by atoms with Crippen LogP contribution in [0.15, 0.2) is 23.7 Å². The lowest BCUT2D eigenvalue weighted by Crippen LogP contribution is -2.61. The molecule has 0 saturated heterocycles. The molecular weight excluding hydrogens is 384 g/mol. The zero-order chi connectivity index (χ0) is 18.6. The molecule has 2 unspecified atom stereocenters. The molecule has 4 aliphatic rings. The second kappa shape index (κ2) is 6.43. The molecule has 2 atom stereocenters. The third-order valence-corrected chi connectivity index (χ3v) is 7.22. The van der Waals surface area contributed by atoms with Gasteiger partial charge in [-0.3, -0.25) is 4.79 Å². The largest absolute Gasteiger partial charge is 0.390 e. The van der Waals surface area contributed by atoms with Crippen molar-refractivity contribution in [3.05, 3.63) is 34.4 Å². The lowest BCUT2D eigenvalue weighted by Gasteiger charge is -2.58. The average Bonchev–Trinajstić information content (AvgIpc) is 3.07. The number of carbonyl (C=O) groups excluding carboxylic acids is 1. The van der Waals surface area contributed by atoms with Crippen molar-refractivity contribution in [2.24, 2.45) is 17.8 Å². The summed E-state index contributed by atoms with van der Waals surface area (Å²) in [6.07, 6.45) is 6.38. The van der Waals surface area contributed by atoms with Crippen LogP contribution in [0.5, 0.6) is 0 Å². The summed E-state index contributed by atoms with van der Waals surface area (Å²) in [5, 5.41) is 19.9. The van der Waals surface area contributed by atoms with E-state index in [0.717, 1.165) is 32.1 Å². The molecule has 4 saturated carbocycles. The summed E-state index contributed by atoms with van der Waals surface area (Å²) in [5.41, 5.74) is -0.0647. The van der Waals surface area contributed by atoms with Crippen molar-refractivity contribution in [3.63, 3.8) is 0 Å². The first kappa shape index (κ1) is 17.4. The Morgan fingerprint density at radius 3 is 2.70 bits per heavy atom. The molecule has 0 radical (unpaired) electrons. The van der Waals surface area contributed by atoms with Gasteiger partial charge in [-0.1, -0.05) is 11.6 Å². The third kappa shape index (κ3) is 3.32. The number of pyridine rings is 1. The Morgan fingerprint density at radius 2 is 2.04 bits per heavy atom. The number of carbonyl (C=O) groups is 1. The summed E-state index contributed by atoms with van der Waals surface area (Å²) in [6.45, 7) is 0. The molecular formula is C19H21ClN4O2S. The SMILES string of the molecule is O=C(N[C@H]1C2CC3CC1C[C@](O)(C3)C2)c1csc(Nc2ccc(Cl)cn2)n1. The number of halogens is 1. The van der Waals surface area contributed by atoms with Crippen molar-refractivity contribution in [2.75, 3.05) is 5.32 Å². The van der Waals surface area contributed by atoms with Crippen LogP contribution in [0.1, 0.15) is 42.6 Å². The van der Waals surface area contributed by atoms with Crippen LogP contribution >= 0.6 is 22.9 Å². The van der Waals surface area contributed by atoms with Crippen LogP contribution in [-0.4, -0.2) is 32.6 Å². The molecule has 0 aliphatic heterocycles. The molecule has 3 N–H and O–H groups in total. The standard InChI is InChI=1S/C19H21ClN4O2S/c20-13-1-2-15(21-8-13)23-18-22-14(9-27-18)17(25)24-16-11-3-10-4-12(16)7-19(26,5-10)6-11/h1-2,8-12,16,26H,3-7H2,(H,24,25)(H,21,22,23)/t10?,11?,12?,16-,19-. The zero-order valence-corrected chi connectivity index (χ0v) is 16.3. The number of amides is 1. The fourth-order valence-corrected chi connectivity index (χ4v) is 6.25. The van der Waals surface area contributed by atoms with Crippen molar-refractivity contribution >= 4 is 39.8 Å². The maximum atomic E-state index is 12.7. The number of hydrogen-bond donors (Lipinski definition) is 3. The van der Waals surface area contributed by atoms with Crippen LogP contribution in [-0.2, 0) is 0 Å². The second-order valence-electron chi connectivity index (χ2n) is 8.22. The number of anilines is 2. The van der Waals surface area contributed by atoms with Gasteiger partial charge >= 0.3 is 0 Å². The fourth-order valence-electron chi connectivity index (χ4n) is 5.44. The number of hydrogen-bond acceptors (Lipinski definition) is 6. The van der Waals surface area contributed by atoms with E-state index < -0.39 is 5.60 Å². The Balaban J connectivity index is 1.26. The van der Waals surface area contributed by atoms with Crippen molar-refractivity contribution < 1.29 is 9.90 Å². The van der Waals surface area contributed by atoms with Crippen molar-refractivity contribution in [3.8, 4) is 0 Å². The highest BCUT2D eigenvalue weighted by atomic mass is 35.5. The second-order valence-corrected chi connectivity index (χ2v) is 9.51. The molecule has 6 nitrogen and oxygen atoms in total. The maximum absolute atomic E-state index is 12.7. The Bertz CT molecular complexity index is 855. The molecule has 0 aromatic carbocycles. The van der Waals surface area contributed by atoms with Gasteiger partial charge in [-0.15, -0.1) is 11.3 Å². The van der Waals surface area contributed by atoms with E-state index in [1.54, 1.807) is 23.7 Å². The Hall–Kier alpha value is -1.70. The van der Waals surface area contributed by atoms with Gasteiger partial charge in [0, 0.05) is 17.6 Å². The van der Waals surface area contributed by atoms with E-state index in [-0.39, 0.29) is 11.9 Å². The van der Waals surface area contributed by atoms with Gasteiger partial charge < -0.3 is 15.7 Å². The Kier molecular flexibility index (Phi) is 4.14. The number of aromatic nitrogens is 2. The highest BCUT2D eigenvalue weighted by molar-refractivity contribution is 7.14. The predicted octanol–water partition coefficient (Wildman–Crippen LogP) is 3.60. The molecule has 27 heavy (non-hydrogen) atoms. The first-order chi connectivity index (χ1) is 13.0. The normalized spacial score (nSPS) is 33.9. The van der Waals surface area contributed by atoms with Crippen LogP contribution < -0.4 is 10.6 Å². The first-order valence-corrected chi connectivity index (χ1v) is 10.6. The van der Waals surface area contributed by atoms with E-state index >= 15 is 0 Å².